The van der Waals surface area contributed by atoms with Crippen molar-refractivity contribution in [2.24, 2.45) is 0 Å². The first-order chi connectivity index (χ1) is 11.6. The van der Waals surface area contributed by atoms with Gasteiger partial charge in [0, 0.05) is 24.4 Å². The van der Waals surface area contributed by atoms with Gasteiger partial charge in [0.2, 0.25) is 5.91 Å². The number of hydrogen-bond donors (Lipinski definition) is 3. The molecule has 0 bridgehead atoms. The van der Waals surface area contributed by atoms with Crippen LogP contribution in [0.3, 0.4) is 0 Å². The highest BCUT2D eigenvalue weighted by Crippen LogP contribution is 2.12. The number of imidazole rings is 1. The molecule has 3 rings (SSSR count). The van der Waals surface area contributed by atoms with Crippen LogP contribution in [-0.2, 0) is 17.6 Å². The number of benzene rings is 2. The molecule has 124 valence electrons. The van der Waals surface area contributed by atoms with Crippen molar-refractivity contribution in [3.05, 3.63) is 64.9 Å². The van der Waals surface area contributed by atoms with Crippen molar-refractivity contribution >= 4 is 28.5 Å². The van der Waals surface area contributed by atoms with Crippen molar-refractivity contribution in [1.82, 2.24) is 15.3 Å². The van der Waals surface area contributed by atoms with Crippen molar-refractivity contribution in [1.29, 1.82) is 0 Å². The molecule has 2 aromatic carbocycles. The smallest absolute Gasteiger partial charge is 0.249 e. The zero-order valence-corrected chi connectivity index (χ0v) is 13.8. The third kappa shape index (κ3) is 4.13. The number of carbonyl (C=O) groups excluding carboxylic acids is 1. The summed E-state index contributed by atoms with van der Waals surface area (Å²) in [4.78, 5) is 19.6. The molecule has 1 unspecified atom stereocenters. The Labute approximate surface area is 144 Å². The van der Waals surface area contributed by atoms with E-state index >= 15 is 0 Å². The Balaban J connectivity index is 1.49. The number of H-pyrrole nitrogens is 1. The number of nitrogens with zero attached hydrogens (tertiary/aromatic N) is 1. The van der Waals surface area contributed by atoms with Crippen LogP contribution in [0, 0.1) is 0 Å². The topological polar surface area (TPSA) is 78.0 Å². The number of rotatable bonds is 6. The van der Waals surface area contributed by atoms with E-state index in [0.717, 1.165) is 22.4 Å². The van der Waals surface area contributed by atoms with Gasteiger partial charge in [-0.2, -0.15) is 0 Å². The number of aromatic amines is 1. The maximum atomic E-state index is 12.0. The molecular formula is C18H18ClN3O2. The molecule has 1 heterocycles. The summed E-state index contributed by atoms with van der Waals surface area (Å²) in [6, 6.07) is 14.9. The average molecular weight is 344 g/mol. The van der Waals surface area contributed by atoms with Crippen molar-refractivity contribution in [2.75, 3.05) is 6.54 Å². The predicted molar refractivity (Wildman–Crippen MR) is 94.0 cm³/mol. The number of aromatic nitrogens is 2. The lowest BCUT2D eigenvalue weighted by Crippen LogP contribution is -2.37. The summed E-state index contributed by atoms with van der Waals surface area (Å²) in [6.45, 7) is 0.408. The summed E-state index contributed by atoms with van der Waals surface area (Å²) in [6.07, 6.45) is -0.291. The van der Waals surface area contributed by atoms with Crippen LogP contribution in [0.25, 0.3) is 11.0 Å². The van der Waals surface area contributed by atoms with Gasteiger partial charge in [-0.05, 0) is 29.8 Å². The van der Waals surface area contributed by atoms with Crippen LogP contribution < -0.4 is 5.32 Å². The third-order valence-corrected chi connectivity index (χ3v) is 3.96. The maximum Gasteiger partial charge on any atom is 0.249 e. The van der Waals surface area contributed by atoms with Crippen molar-refractivity contribution < 1.29 is 9.90 Å². The largest absolute Gasteiger partial charge is 0.383 e. The standard InChI is InChI=1S/C18H18ClN3O2/c19-13-5-3-4-12(10-13)11-16(23)18(24)20-9-8-17-21-14-6-1-2-7-15(14)22-17/h1-7,10,16,23H,8-9,11H2,(H,20,24)(H,21,22). The molecule has 24 heavy (non-hydrogen) atoms. The highest BCUT2D eigenvalue weighted by molar-refractivity contribution is 6.30. The second kappa shape index (κ2) is 7.47. The zero-order chi connectivity index (χ0) is 16.9. The number of aliphatic hydroxyl groups excluding tert-OH is 1. The first-order valence-corrected chi connectivity index (χ1v) is 8.13. The molecule has 3 aromatic rings. The van der Waals surface area contributed by atoms with E-state index in [-0.39, 0.29) is 6.42 Å². The van der Waals surface area contributed by atoms with Crippen molar-refractivity contribution in [3.63, 3.8) is 0 Å². The number of nitrogens with one attached hydrogen (secondary N) is 2. The number of amides is 1. The normalized spacial score (nSPS) is 12.2. The van der Waals surface area contributed by atoms with Crippen LogP contribution in [-0.4, -0.2) is 33.6 Å². The van der Waals surface area contributed by atoms with Gasteiger partial charge in [0.15, 0.2) is 0 Å². The fourth-order valence-corrected chi connectivity index (χ4v) is 2.74. The minimum atomic E-state index is -1.10. The highest BCUT2D eigenvalue weighted by atomic mass is 35.5. The summed E-state index contributed by atoms with van der Waals surface area (Å²) in [5, 5.41) is 13.3. The molecule has 0 saturated carbocycles. The van der Waals surface area contributed by atoms with E-state index < -0.39 is 12.0 Å². The molecule has 6 heteroatoms. The van der Waals surface area contributed by atoms with Gasteiger partial charge < -0.3 is 15.4 Å². The molecule has 1 amide bonds. The van der Waals surface area contributed by atoms with Crippen LogP contribution in [0.5, 0.6) is 0 Å². The Bertz CT molecular complexity index is 814. The van der Waals surface area contributed by atoms with Gasteiger partial charge in [-0.25, -0.2) is 4.98 Å². The van der Waals surface area contributed by atoms with Crippen LogP contribution in [0.15, 0.2) is 48.5 Å². The summed E-state index contributed by atoms with van der Waals surface area (Å²) in [5.74, 6) is 0.409. The number of para-hydroxylation sites is 2. The number of aliphatic hydroxyl groups is 1. The van der Waals surface area contributed by atoms with E-state index in [1.54, 1.807) is 18.2 Å². The van der Waals surface area contributed by atoms with Gasteiger partial charge in [-0.1, -0.05) is 35.9 Å². The van der Waals surface area contributed by atoms with Crippen molar-refractivity contribution in [3.8, 4) is 0 Å². The lowest BCUT2D eigenvalue weighted by molar-refractivity contribution is -0.129. The van der Waals surface area contributed by atoms with Gasteiger partial charge in [-0.3, -0.25) is 4.79 Å². The Morgan fingerprint density at radius 3 is 2.88 bits per heavy atom. The molecule has 1 atom stereocenters. The van der Waals surface area contributed by atoms with Gasteiger partial charge in [0.25, 0.3) is 0 Å². The average Bonchev–Trinajstić information content (AvgIpc) is 2.97. The number of carbonyl (C=O) groups is 1. The van der Waals surface area contributed by atoms with Crippen LogP contribution in [0.4, 0.5) is 0 Å². The third-order valence-electron chi connectivity index (χ3n) is 3.72. The first kappa shape index (κ1) is 16.5. The highest BCUT2D eigenvalue weighted by Gasteiger charge is 2.15. The molecule has 3 N–H and O–H groups in total. The SMILES string of the molecule is O=C(NCCc1nc2ccccc2[nH]1)C(O)Cc1cccc(Cl)c1. The van der Waals surface area contributed by atoms with E-state index in [1.165, 1.54) is 0 Å². The minimum absolute atomic E-state index is 0.233. The first-order valence-electron chi connectivity index (χ1n) is 7.75. The monoisotopic (exact) mass is 343 g/mol. The fourth-order valence-electron chi connectivity index (χ4n) is 2.53. The Hall–Kier alpha value is -2.37. The summed E-state index contributed by atoms with van der Waals surface area (Å²) < 4.78 is 0. The van der Waals surface area contributed by atoms with Crippen LogP contribution in [0.2, 0.25) is 5.02 Å². The lowest BCUT2D eigenvalue weighted by atomic mass is 10.1. The minimum Gasteiger partial charge on any atom is -0.383 e. The van der Waals surface area contributed by atoms with E-state index in [4.69, 9.17) is 11.6 Å². The molecule has 0 spiro atoms. The molecule has 0 aliphatic heterocycles. The van der Waals surface area contributed by atoms with Crippen LogP contribution in [0.1, 0.15) is 11.4 Å². The Morgan fingerprint density at radius 2 is 2.08 bits per heavy atom. The number of fused-ring (bicyclic) bond motifs is 1. The molecule has 1 aromatic heterocycles. The molecule has 0 saturated heterocycles. The summed E-state index contributed by atoms with van der Waals surface area (Å²) in [5.41, 5.74) is 2.70. The summed E-state index contributed by atoms with van der Waals surface area (Å²) in [7, 11) is 0. The molecule has 0 radical (unpaired) electrons. The quantitative estimate of drug-likeness (QED) is 0.643. The fraction of sp³-hybridized carbons (Fsp3) is 0.222. The van der Waals surface area contributed by atoms with E-state index in [0.29, 0.717) is 18.0 Å². The van der Waals surface area contributed by atoms with E-state index in [1.807, 2.05) is 30.3 Å². The van der Waals surface area contributed by atoms with Crippen molar-refractivity contribution in [2.45, 2.75) is 18.9 Å². The zero-order valence-electron chi connectivity index (χ0n) is 13.0. The molecule has 0 aliphatic carbocycles. The molecule has 0 fully saturated rings. The number of hydrogen-bond acceptors (Lipinski definition) is 3. The molecule has 5 nitrogen and oxygen atoms in total. The van der Waals surface area contributed by atoms with Gasteiger partial charge in [0.1, 0.15) is 11.9 Å². The van der Waals surface area contributed by atoms with E-state index in [2.05, 4.69) is 15.3 Å². The van der Waals surface area contributed by atoms with Gasteiger partial charge >= 0.3 is 0 Å². The predicted octanol–water partition coefficient (Wildman–Crippen LogP) is 2.48. The lowest BCUT2D eigenvalue weighted by Gasteiger charge is -2.11. The van der Waals surface area contributed by atoms with E-state index in [9.17, 15) is 9.90 Å². The number of halogens is 1. The van der Waals surface area contributed by atoms with Gasteiger partial charge in [0.05, 0.1) is 11.0 Å². The Kier molecular flexibility index (Phi) is 5.13. The molecular weight excluding hydrogens is 326 g/mol. The second-order valence-corrected chi connectivity index (χ2v) is 6.03. The summed E-state index contributed by atoms with van der Waals surface area (Å²) >= 11 is 5.90. The van der Waals surface area contributed by atoms with Crippen LogP contribution >= 0.6 is 11.6 Å². The molecule has 0 aliphatic rings. The maximum absolute atomic E-state index is 12.0. The van der Waals surface area contributed by atoms with Gasteiger partial charge in [-0.15, -0.1) is 0 Å². The Morgan fingerprint density at radius 1 is 1.25 bits per heavy atom. The second-order valence-electron chi connectivity index (χ2n) is 5.59.